The van der Waals surface area contributed by atoms with Crippen LogP contribution < -0.4 is 4.74 Å². The Morgan fingerprint density at radius 3 is 2.53 bits per heavy atom. The van der Waals surface area contributed by atoms with Gasteiger partial charge in [0.15, 0.2) is 11.6 Å². The topological polar surface area (TPSA) is 32.7 Å². The minimum atomic E-state index is -4.40. The van der Waals surface area contributed by atoms with E-state index < -0.39 is 25.1 Å². The Bertz CT molecular complexity index is 409. The monoisotopic (exact) mass is 281 g/mol. The van der Waals surface area contributed by atoms with Gasteiger partial charge in [-0.25, -0.2) is 4.39 Å². The highest BCUT2D eigenvalue weighted by Crippen LogP contribution is 2.23. The molecule has 0 heterocycles. The molecule has 0 saturated heterocycles. The third-order valence-corrected chi connectivity index (χ3v) is 2.48. The van der Waals surface area contributed by atoms with E-state index in [1.807, 2.05) is 0 Å². The zero-order chi connectivity index (χ0) is 14.5. The van der Waals surface area contributed by atoms with Crippen molar-refractivity contribution in [1.82, 2.24) is 4.90 Å². The molecule has 108 valence electrons. The molecule has 1 rings (SSSR count). The summed E-state index contributed by atoms with van der Waals surface area (Å²) in [5.41, 5.74) is 0.0945. The lowest BCUT2D eigenvalue weighted by molar-refractivity contribution is -0.148. The van der Waals surface area contributed by atoms with Crippen LogP contribution in [0.3, 0.4) is 0 Å². The summed E-state index contributed by atoms with van der Waals surface area (Å²) in [4.78, 5) is 0.928. The summed E-state index contributed by atoms with van der Waals surface area (Å²) in [7, 11) is 1.28. The average molecular weight is 281 g/mol. The molecule has 1 aromatic carbocycles. The highest BCUT2D eigenvalue weighted by Gasteiger charge is 2.30. The first-order chi connectivity index (χ1) is 8.87. The molecule has 0 atom stereocenters. The second-order valence-corrected chi connectivity index (χ2v) is 3.98. The van der Waals surface area contributed by atoms with Crippen LogP contribution in [-0.2, 0) is 6.54 Å². The SMILES string of the molecule is COc1cccc(CN(CCO)CC(F)(F)F)c1F. The molecule has 19 heavy (non-hydrogen) atoms. The van der Waals surface area contributed by atoms with Crippen molar-refractivity contribution in [1.29, 1.82) is 0 Å². The standard InChI is InChI=1S/C12H15F4NO2/c1-19-10-4-2-3-9(11(10)13)7-17(5-6-18)8-12(14,15)16/h2-4,18H,5-8H2,1H3. The van der Waals surface area contributed by atoms with Gasteiger partial charge in [0, 0.05) is 18.7 Å². The van der Waals surface area contributed by atoms with Crippen molar-refractivity contribution in [2.45, 2.75) is 12.7 Å². The van der Waals surface area contributed by atoms with Crippen LogP contribution in [0.5, 0.6) is 5.75 Å². The number of nitrogens with zero attached hydrogens (tertiary/aromatic N) is 1. The molecule has 7 heteroatoms. The Morgan fingerprint density at radius 1 is 1.32 bits per heavy atom. The van der Waals surface area contributed by atoms with E-state index in [9.17, 15) is 17.6 Å². The maximum absolute atomic E-state index is 13.8. The Balaban J connectivity index is 2.84. The van der Waals surface area contributed by atoms with E-state index in [0.29, 0.717) is 0 Å². The molecule has 1 N–H and O–H groups in total. The fraction of sp³-hybridized carbons (Fsp3) is 0.500. The molecule has 0 radical (unpaired) electrons. The Hall–Kier alpha value is -1.34. The van der Waals surface area contributed by atoms with E-state index in [4.69, 9.17) is 9.84 Å². The maximum Gasteiger partial charge on any atom is 0.401 e. The van der Waals surface area contributed by atoms with Crippen molar-refractivity contribution in [2.75, 3.05) is 26.8 Å². The lowest BCUT2D eigenvalue weighted by atomic mass is 10.2. The molecule has 0 saturated carbocycles. The highest BCUT2D eigenvalue weighted by atomic mass is 19.4. The number of alkyl halides is 3. The molecule has 0 aliphatic heterocycles. The van der Waals surface area contributed by atoms with Crippen molar-refractivity contribution in [3.8, 4) is 5.75 Å². The number of methoxy groups -OCH3 is 1. The van der Waals surface area contributed by atoms with E-state index in [2.05, 4.69) is 0 Å². The molecule has 0 spiro atoms. The number of hydrogen-bond acceptors (Lipinski definition) is 3. The molecule has 0 bridgehead atoms. The van der Waals surface area contributed by atoms with Gasteiger partial charge in [-0.3, -0.25) is 4.90 Å². The van der Waals surface area contributed by atoms with Crippen LogP contribution >= 0.6 is 0 Å². The molecular weight excluding hydrogens is 266 g/mol. The van der Waals surface area contributed by atoms with Crippen molar-refractivity contribution in [2.24, 2.45) is 0 Å². The normalized spacial score (nSPS) is 11.9. The van der Waals surface area contributed by atoms with Gasteiger partial charge in [-0.05, 0) is 6.07 Å². The van der Waals surface area contributed by atoms with Gasteiger partial charge in [-0.2, -0.15) is 13.2 Å². The minimum Gasteiger partial charge on any atom is -0.494 e. The van der Waals surface area contributed by atoms with Gasteiger partial charge in [-0.1, -0.05) is 12.1 Å². The fourth-order valence-corrected chi connectivity index (χ4v) is 1.69. The first-order valence-corrected chi connectivity index (χ1v) is 5.58. The Morgan fingerprint density at radius 2 is 2.00 bits per heavy atom. The summed E-state index contributed by atoms with van der Waals surface area (Å²) in [5, 5.41) is 8.75. The first-order valence-electron chi connectivity index (χ1n) is 5.58. The summed E-state index contributed by atoms with van der Waals surface area (Å²) in [6.45, 7) is -2.06. The smallest absolute Gasteiger partial charge is 0.401 e. The summed E-state index contributed by atoms with van der Waals surface area (Å²) in [6.07, 6.45) is -4.40. The summed E-state index contributed by atoms with van der Waals surface area (Å²) >= 11 is 0. The van der Waals surface area contributed by atoms with Gasteiger partial charge in [0.25, 0.3) is 0 Å². The van der Waals surface area contributed by atoms with Crippen LogP contribution in [0, 0.1) is 5.82 Å². The van der Waals surface area contributed by atoms with E-state index in [1.165, 1.54) is 25.3 Å². The maximum atomic E-state index is 13.8. The number of aliphatic hydroxyl groups is 1. The van der Waals surface area contributed by atoms with Crippen molar-refractivity contribution in [3.63, 3.8) is 0 Å². The van der Waals surface area contributed by atoms with E-state index in [0.717, 1.165) is 4.90 Å². The van der Waals surface area contributed by atoms with Crippen LogP contribution in [0.25, 0.3) is 0 Å². The third-order valence-electron chi connectivity index (χ3n) is 2.48. The number of rotatable bonds is 6. The third kappa shape index (κ3) is 5.04. The Kier molecular flexibility index (Phi) is 5.56. The molecule has 0 fully saturated rings. The van der Waals surface area contributed by atoms with Crippen LogP contribution in [0.4, 0.5) is 17.6 Å². The number of ether oxygens (including phenoxy) is 1. The van der Waals surface area contributed by atoms with E-state index in [-0.39, 0.29) is 24.4 Å². The van der Waals surface area contributed by atoms with Gasteiger partial charge in [0.1, 0.15) is 0 Å². The largest absolute Gasteiger partial charge is 0.494 e. The number of hydrogen-bond donors (Lipinski definition) is 1. The number of aliphatic hydroxyl groups excluding tert-OH is 1. The fourth-order valence-electron chi connectivity index (χ4n) is 1.69. The van der Waals surface area contributed by atoms with Gasteiger partial charge in [0.2, 0.25) is 0 Å². The van der Waals surface area contributed by atoms with Gasteiger partial charge < -0.3 is 9.84 Å². The van der Waals surface area contributed by atoms with Crippen LogP contribution in [0.15, 0.2) is 18.2 Å². The average Bonchev–Trinajstić information content (AvgIpc) is 2.30. The molecule has 0 aliphatic carbocycles. The van der Waals surface area contributed by atoms with E-state index in [1.54, 1.807) is 0 Å². The second kappa shape index (κ2) is 6.72. The van der Waals surface area contributed by atoms with Gasteiger partial charge in [-0.15, -0.1) is 0 Å². The number of halogens is 4. The van der Waals surface area contributed by atoms with Crippen molar-refractivity contribution in [3.05, 3.63) is 29.6 Å². The lowest BCUT2D eigenvalue weighted by Crippen LogP contribution is -2.36. The first kappa shape index (κ1) is 15.7. The predicted molar refractivity (Wildman–Crippen MR) is 61.4 cm³/mol. The molecule has 0 aliphatic rings. The molecule has 1 aromatic rings. The lowest BCUT2D eigenvalue weighted by Gasteiger charge is -2.23. The molecule has 0 amide bonds. The van der Waals surface area contributed by atoms with Gasteiger partial charge >= 0.3 is 6.18 Å². The summed E-state index contributed by atoms with van der Waals surface area (Å²) < 4.78 is 55.6. The zero-order valence-electron chi connectivity index (χ0n) is 10.4. The van der Waals surface area contributed by atoms with Crippen molar-refractivity contribution < 1.29 is 27.4 Å². The van der Waals surface area contributed by atoms with Crippen LogP contribution in [0.2, 0.25) is 0 Å². The minimum absolute atomic E-state index is 0.0199. The quantitative estimate of drug-likeness (QED) is 0.811. The van der Waals surface area contributed by atoms with E-state index >= 15 is 0 Å². The van der Waals surface area contributed by atoms with Crippen molar-refractivity contribution >= 4 is 0 Å². The van der Waals surface area contributed by atoms with Crippen LogP contribution in [-0.4, -0.2) is 43.0 Å². The van der Waals surface area contributed by atoms with Gasteiger partial charge in [0.05, 0.1) is 20.3 Å². The number of benzene rings is 1. The molecular formula is C12H15F4NO2. The second-order valence-electron chi connectivity index (χ2n) is 3.98. The molecule has 0 aromatic heterocycles. The predicted octanol–water partition coefficient (Wildman–Crippen LogP) is 2.19. The molecule has 3 nitrogen and oxygen atoms in total. The summed E-state index contributed by atoms with van der Waals surface area (Å²) in [6, 6.07) is 4.28. The van der Waals surface area contributed by atoms with Crippen LogP contribution in [0.1, 0.15) is 5.56 Å². The molecule has 0 unspecified atom stereocenters. The highest BCUT2D eigenvalue weighted by molar-refractivity contribution is 5.30. The summed E-state index contributed by atoms with van der Waals surface area (Å²) in [5.74, 6) is -0.705. The Labute approximate surface area is 108 Å². The zero-order valence-corrected chi connectivity index (χ0v) is 10.4.